The van der Waals surface area contributed by atoms with Crippen molar-refractivity contribution in [2.24, 2.45) is 0 Å². The van der Waals surface area contributed by atoms with Crippen molar-refractivity contribution in [1.82, 2.24) is 20.0 Å². The number of carbonyl (C=O) groups is 1. The van der Waals surface area contributed by atoms with Gasteiger partial charge in [0.25, 0.3) is 0 Å². The molecule has 0 aromatic carbocycles. The van der Waals surface area contributed by atoms with Crippen LogP contribution in [-0.4, -0.2) is 86.1 Å². The molecule has 0 bridgehead atoms. The van der Waals surface area contributed by atoms with E-state index in [1.807, 2.05) is 4.90 Å². The first-order valence-corrected chi connectivity index (χ1v) is 8.61. The van der Waals surface area contributed by atoms with Gasteiger partial charge in [-0.15, -0.1) is 24.8 Å². The Labute approximate surface area is 153 Å². The van der Waals surface area contributed by atoms with Gasteiger partial charge >= 0.3 is 0 Å². The second-order valence-electron chi connectivity index (χ2n) is 6.43. The van der Waals surface area contributed by atoms with Gasteiger partial charge in [-0.2, -0.15) is 0 Å². The van der Waals surface area contributed by atoms with Crippen LogP contribution in [0.25, 0.3) is 0 Å². The smallest absolute Gasteiger partial charge is 0.223 e. The fourth-order valence-electron chi connectivity index (χ4n) is 3.43. The zero-order valence-corrected chi connectivity index (χ0v) is 16.3. The molecule has 2 aliphatic heterocycles. The van der Waals surface area contributed by atoms with E-state index in [0.29, 0.717) is 18.4 Å². The average Bonchev–Trinajstić information content (AvgIpc) is 2.54. The summed E-state index contributed by atoms with van der Waals surface area (Å²) >= 11 is 0. The van der Waals surface area contributed by atoms with Crippen LogP contribution in [0.3, 0.4) is 0 Å². The molecule has 2 aliphatic rings. The minimum atomic E-state index is 0. The summed E-state index contributed by atoms with van der Waals surface area (Å²) < 4.78 is 0. The largest absolute Gasteiger partial charge is 0.340 e. The number of piperazine rings is 1. The van der Waals surface area contributed by atoms with Crippen LogP contribution in [0, 0.1) is 0 Å². The van der Waals surface area contributed by atoms with Crippen molar-refractivity contribution in [2.45, 2.75) is 38.6 Å². The number of amides is 1. The summed E-state index contributed by atoms with van der Waals surface area (Å²) in [5.41, 5.74) is 0. The number of halogens is 2. The first-order chi connectivity index (χ1) is 10.2. The maximum atomic E-state index is 12.2. The van der Waals surface area contributed by atoms with E-state index in [1.54, 1.807) is 0 Å². The van der Waals surface area contributed by atoms with Crippen molar-refractivity contribution in [1.29, 1.82) is 0 Å². The molecule has 5 nitrogen and oxygen atoms in total. The quantitative estimate of drug-likeness (QED) is 0.770. The van der Waals surface area contributed by atoms with Crippen molar-refractivity contribution in [3.8, 4) is 0 Å². The molecular weight excluding hydrogens is 335 g/mol. The number of likely N-dealkylation sites (tertiary alicyclic amines) is 1. The third kappa shape index (κ3) is 7.57. The number of rotatable bonds is 6. The van der Waals surface area contributed by atoms with Crippen LogP contribution in [0.5, 0.6) is 0 Å². The summed E-state index contributed by atoms with van der Waals surface area (Å²) in [6.45, 7) is 10.5. The van der Waals surface area contributed by atoms with Crippen LogP contribution >= 0.6 is 24.8 Å². The minimum absolute atomic E-state index is 0. The van der Waals surface area contributed by atoms with Gasteiger partial charge in [-0.3, -0.25) is 4.79 Å². The van der Waals surface area contributed by atoms with Crippen molar-refractivity contribution >= 4 is 30.7 Å². The van der Waals surface area contributed by atoms with E-state index in [0.717, 1.165) is 32.7 Å². The Morgan fingerprint density at radius 1 is 1.13 bits per heavy atom. The maximum absolute atomic E-state index is 12.2. The molecule has 1 amide bonds. The van der Waals surface area contributed by atoms with Crippen LogP contribution in [0.2, 0.25) is 0 Å². The van der Waals surface area contributed by atoms with E-state index in [2.05, 4.69) is 29.1 Å². The molecule has 2 saturated heterocycles. The monoisotopic (exact) mass is 368 g/mol. The highest BCUT2D eigenvalue weighted by Crippen LogP contribution is 2.16. The number of nitrogens with one attached hydrogen (secondary N) is 1. The van der Waals surface area contributed by atoms with Gasteiger partial charge in [-0.05, 0) is 45.9 Å². The lowest BCUT2D eigenvalue weighted by atomic mass is 10.0. The van der Waals surface area contributed by atoms with E-state index in [1.165, 1.54) is 38.9 Å². The highest BCUT2D eigenvalue weighted by Gasteiger charge is 2.23. The molecular formula is C16H34Cl2N4O. The highest BCUT2D eigenvalue weighted by molar-refractivity contribution is 5.85. The Bertz CT molecular complexity index is 319. The summed E-state index contributed by atoms with van der Waals surface area (Å²) in [4.78, 5) is 19.2. The minimum Gasteiger partial charge on any atom is -0.340 e. The van der Waals surface area contributed by atoms with Gasteiger partial charge in [0.15, 0.2) is 0 Å². The van der Waals surface area contributed by atoms with Crippen molar-refractivity contribution < 1.29 is 4.79 Å². The molecule has 0 aromatic heterocycles. The fourth-order valence-corrected chi connectivity index (χ4v) is 3.43. The second kappa shape index (κ2) is 12.3. The lowest BCUT2D eigenvalue weighted by Crippen LogP contribution is -2.48. The van der Waals surface area contributed by atoms with Gasteiger partial charge in [-0.25, -0.2) is 0 Å². The van der Waals surface area contributed by atoms with E-state index >= 15 is 0 Å². The van der Waals surface area contributed by atoms with Gasteiger partial charge in [0, 0.05) is 45.2 Å². The number of hydrogen-bond acceptors (Lipinski definition) is 4. The summed E-state index contributed by atoms with van der Waals surface area (Å²) in [5, 5.41) is 3.29. The molecule has 138 valence electrons. The molecule has 0 spiro atoms. The van der Waals surface area contributed by atoms with Gasteiger partial charge < -0.3 is 20.0 Å². The van der Waals surface area contributed by atoms with Crippen LogP contribution in [-0.2, 0) is 4.79 Å². The molecule has 0 aliphatic carbocycles. The molecule has 0 radical (unpaired) electrons. The number of piperidine rings is 1. The Balaban J connectivity index is 0.00000242. The Morgan fingerprint density at radius 3 is 2.30 bits per heavy atom. The molecule has 2 heterocycles. The van der Waals surface area contributed by atoms with Crippen molar-refractivity contribution in [3.63, 3.8) is 0 Å². The standard InChI is InChI=1S/C16H32N4O.2ClH/c1-3-9-19-11-4-15(5-12-19)18(2)10-6-16(21)20-13-7-17-8-14-20;;/h15,17H,3-14H2,1-2H3;2*1H. The molecule has 0 saturated carbocycles. The molecule has 0 unspecified atom stereocenters. The maximum Gasteiger partial charge on any atom is 0.223 e. The lowest BCUT2D eigenvalue weighted by molar-refractivity contribution is -0.132. The number of hydrogen-bond donors (Lipinski definition) is 1. The molecule has 7 heteroatoms. The van der Waals surface area contributed by atoms with E-state index in [-0.39, 0.29) is 24.8 Å². The molecule has 1 N–H and O–H groups in total. The van der Waals surface area contributed by atoms with E-state index in [9.17, 15) is 4.79 Å². The van der Waals surface area contributed by atoms with Crippen LogP contribution < -0.4 is 5.32 Å². The predicted octanol–water partition coefficient (Wildman–Crippen LogP) is 1.46. The van der Waals surface area contributed by atoms with Crippen molar-refractivity contribution in [3.05, 3.63) is 0 Å². The molecule has 2 rings (SSSR count). The Hall–Kier alpha value is -0.0700. The van der Waals surface area contributed by atoms with Crippen LogP contribution in [0.1, 0.15) is 32.6 Å². The van der Waals surface area contributed by atoms with E-state index < -0.39 is 0 Å². The summed E-state index contributed by atoms with van der Waals surface area (Å²) in [7, 11) is 2.19. The topological polar surface area (TPSA) is 38.8 Å². The SMILES string of the molecule is CCCN1CCC(N(C)CCC(=O)N2CCNCC2)CC1.Cl.Cl. The van der Waals surface area contributed by atoms with Crippen LogP contribution in [0.4, 0.5) is 0 Å². The number of nitrogens with zero attached hydrogens (tertiary/aromatic N) is 3. The Kier molecular flexibility index (Phi) is 12.3. The third-order valence-corrected chi connectivity index (χ3v) is 4.87. The zero-order valence-electron chi connectivity index (χ0n) is 14.6. The average molecular weight is 369 g/mol. The van der Waals surface area contributed by atoms with Gasteiger partial charge in [-0.1, -0.05) is 6.92 Å². The fraction of sp³-hybridized carbons (Fsp3) is 0.938. The first kappa shape index (κ1) is 22.9. The van der Waals surface area contributed by atoms with Gasteiger partial charge in [0.05, 0.1) is 0 Å². The molecule has 23 heavy (non-hydrogen) atoms. The predicted molar refractivity (Wildman–Crippen MR) is 101 cm³/mol. The first-order valence-electron chi connectivity index (χ1n) is 8.61. The summed E-state index contributed by atoms with van der Waals surface area (Å²) in [5.74, 6) is 0.326. The summed E-state index contributed by atoms with van der Waals surface area (Å²) in [6, 6.07) is 0.661. The lowest BCUT2D eigenvalue weighted by Gasteiger charge is -2.37. The third-order valence-electron chi connectivity index (χ3n) is 4.87. The molecule has 2 fully saturated rings. The molecule has 0 atom stereocenters. The van der Waals surface area contributed by atoms with E-state index in [4.69, 9.17) is 0 Å². The number of carbonyl (C=O) groups excluding carboxylic acids is 1. The van der Waals surface area contributed by atoms with Crippen molar-refractivity contribution in [2.75, 3.05) is 59.4 Å². The normalized spacial score (nSPS) is 20.0. The van der Waals surface area contributed by atoms with Crippen LogP contribution in [0.15, 0.2) is 0 Å². The summed E-state index contributed by atoms with van der Waals surface area (Å²) in [6.07, 6.45) is 4.42. The van der Waals surface area contributed by atoms with Gasteiger partial charge in [0.2, 0.25) is 5.91 Å². The Morgan fingerprint density at radius 2 is 1.74 bits per heavy atom. The highest BCUT2D eigenvalue weighted by atomic mass is 35.5. The zero-order chi connectivity index (χ0) is 15.1. The second-order valence-corrected chi connectivity index (χ2v) is 6.43. The van der Waals surface area contributed by atoms with Gasteiger partial charge in [0.1, 0.15) is 0 Å². The molecule has 0 aromatic rings.